The van der Waals surface area contributed by atoms with Crippen molar-refractivity contribution in [1.82, 2.24) is 0 Å². The molecule has 0 amide bonds. The Bertz CT molecular complexity index is 1320. The number of rotatable bonds is 6. The number of halogens is 1. The number of nitrogens with two attached hydrogens (primary N) is 1. The second-order valence-electron chi connectivity index (χ2n) is 9.98. The molecule has 2 aromatic rings. The molecule has 7 heteroatoms. The molecule has 0 saturated carbocycles. The summed E-state index contributed by atoms with van der Waals surface area (Å²) in [5.74, 6) is 0.871. The van der Waals surface area contributed by atoms with Gasteiger partial charge in [0.1, 0.15) is 17.3 Å². The van der Waals surface area contributed by atoms with Gasteiger partial charge < -0.3 is 15.2 Å². The fourth-order valence-electron chi connectivity index (χ4n) is 5.13. The van der Waals surface area contributed by atoms with Crippen LogP contribution in [0.4, 0.5) is 5.69 Å². The van der Waals surface area contributed by atoms with Gasteiger partial charge in [-0.05, 0) is 68.5 Å². The zero-order chi connectivity index (χ0) is 26.2. The van der Waals surface area contributed by atoms with Gasteiger partial charge in [-0.2, -0.15) is 5.26 Å². The van der Waals surface area contributed by atoms with Crippen molar-refractivity contribution in [3.63, 3.8) is 0 Å². The van der Waals surface area contributed by atoms with Gasteiger partial charge in [0.15, 0.2) is 5.78 Å². The van der Waals surface area contributed by atoms with E-state index in [0.29, 0.717) is 59.3 Å². The predicted octanol–water partition coefficient (Wildman–Crippen LogP) is 6.39. The molecule has 1 heterocycles. The number of benzene rings is 2. The van der Waals surface area contributed by atoms with Crippen LogP contribution in [0.25, 0.3) is 0 Å². The van der Waals surface area contributed by atoms with Crippen LogP contribution in [0, 0.1) is 23.7 Å². The van der Waals surface area contributed by atoms with E-state index in [0.717, 1.165) is 16.9 Å². The molecule has 4 rings (SSSR count). The molecule has 0 saturated heterocycles. The van der Waals surface area contributed by atoms with Crippen LogP contribution in [-0.2, 0) is 4.79 Å². The molecule has 0 aromatic heterocycles. The SMILES string of the molecule is CCOc1ccc(OCC)c(C2C(C#N)=C(N)N(c3ccc(C)c(Cl)c3)C3=C2C(=O)CC(C)(C)C3)c1. The third-order valence-electron chi connectivity index (χ3n) is 6.70. The minimum atomic E-state index is -0.660. The number of ether oxygens (including phenoxy) is 2. The lowest BCUT2D eigenvalue weighted by molar-refractivity contribution is -0.118. The number of hydrogen-bond acceptors (Lipinski definition) is 6. The topological polar surface area (TPSA) is 88.6 Å². The number of nitriles is 1. The smallest absolute Gasteiger partial charge is 0.162 e. The summed E-state index contributed by atoms with van der Waals surface area (Å²) in [6, 6.07) is 13.5. The first-order chi connectivity index (χ1) is 17.1. The average molecular weight is 506 g/mol. The zero-order valence-electron chi connectivity index (χ0n) is 21.4. The Balaban J connectivity index is 2.02. The highest BCUT2D eigenvalue weighted by Gasteiger charge is 2.45. The van der Waals surface area contributed by atoms with Crippen molar-refractivity contribution >= 4 is 23.1 Å². The highest BCUT2D eigenvalue weighted by atomic mass is 35.5. The molecule has 2 aliphatic rings. The molecule has 6 nitrogen and oxygen atoms in total. The van der Waals surface area contributed by atoms with Gasteiger partial charge in [-0.15, -0.1) is 0 Å². The van der Waals surface area contributed by atoms with E-state index in [9.17, 15) is 10.1 Å². The minimum Gasteiger partial charge on any atom is -0.494 e. The van der Waals surface area contributed by atoms with Gasteiger partial charge in [0.25, 0.3) is 0 Å². The lowest BCUT2D eigenvalue weighted by Crippen LogP contribution is -2.42. The number of hydrogen-bond donors (Lipinski definition) is 1. The highest BCUT2D eigenvalue weighted by molar-refractivity contribution is 6.31. The van der Waals surface area contributed by atoms with Crippen LogP contribution in [-0.4, -0.2) is 19.0 Å². The second-order valence-corrected chi connectivity index (χ2v) is 10.4. The summed E-state index contributed by atoms with van der Waals surface area (Å²) >= 11 is 6.48. The van der Waals surface area contributed by atoms with Crippen molar-refractivity contribution in [1.29, 1.82) is 5.26 Å². The van der Waals surface area contributed by atoms with Crippen molar-refractivity contribution < 1.29 is 14.3 Å². The van der Waals surface area contributed by atoms with Crippen LogP contribution < -0.4 is 20.1 Å². The van der Waals surface area contributed by atoms with E-state index in [1.54, 1.807) is 0 Å². The number of carbonyl (C=O) groups excluding carboxylic acids is 1. The summed E-state index contributed by atoms with van der Waals surface area (Å²) in [7, 11) is 0. The van der Waals surface area contributed by atoms with Gasteiger partial charge in [-0.1, -0.05) is 31.5 Å². The highest BCUT2D eigenvalue weighted by Crippen LogP contribution is 2.52. The summed E-state index contributed by atoms with van der Waals surface area (Å²) in [6.45, 7) is 10.8. The molecule has 1 atom stereocenters. The van der Waals surface area contributed by atoms with Crippen molar-refractivity contribution in [3.05, 3.63) is 75.2 Å². The van der Waals surface area contributed by atoms with Gasteiger partial charge >= 0.3 is 0 Å². The molecule has 2 N–H and O–H groups in total. The summed E-state index contributed by atoms with van der Waals surface area (Å²) in [4.78, 5) is 15.7. The molecule has 0 bridgehead atoms. The van der Waals surface area contributed by atoms with E-state index in [1.807, 2.05) is 62.1 Å². The first-order valence-corrected chi connectivity index (χ1v) is 12.6. The van der Waals surface area contributed by atoms with Gasteiger partial charge in [0.05, 0.1) is 30.8 Å². The van der Waals surface area contributed by atoms with Crippen LogP contribution in [0.15, 0.2) is 59.1 Å². The molecule has 0 spiro atoms. The zero-order valence-corrected chi connectivity index (χ0v) is 22.2. The number of anilines is 1. The summed E-state index contributed by atoms with van der Waals surface area (Å²) in [5.41, 5.74) is 10.5. The van der Waals surface area contributed by atoms with E-state index in [2.05, 4.69) is 19.9 Å². The van der Waals surface area contributed by atoms with E-state index >= 15 is 0 Å². The second kappa shape index (κ2) is 9.91. The fraction of sp³-hybridized carbons (Fsp3) is 0.379. The van der Waals surface area contributed by atoms with Gasteiger partial charge in [-0.25, -0.2) is 0 Å². The first kappa shape index (κ1) is 25.7. The van der Waals surface area contributed by atoms with Crippen LogP contribution >= 0.6 is 11.6 Å². The van der Waals surface area contributed by atoms with Crippen molar-refractivity contribution in [2.45, 2.75) is 53.4 Å². The Kier molecular flexibility index (Phi) is 7.06. The third-order valence-corrected chi connectivity index (χ3v) is 7.10. The molecule has 36 heavy (non-hydrogen) atoms. The summed E-state index contributed by atoms with van der Waals surface area (Å²) in [6.07, 6.45) is 0.989. The lowest BCUT2D eigenvalue weighted by atomic mass is 9.68. The lowest BCUT2D eigenvalue weighted by Gasteiger charge is -2.44. The molecule has 1 aliphatic carbocycles. The maximum absolute atomic E-state index is 13.8. The Morgan fingerprint density at radius 2 is 1.86 bits per heavy atom. The van der Waals surface area contributed by atoms with Crippen LogP contribution in [0.5, 0.6) is 11.5 Å². The maximum Gasteiger partial charge on any atom is 0.162 e. The van der Waals surface area contributed by atoms with E-state index < -0.39 is 5.92 Å². The Labute approximate surface area is 217 Å². The van der Waals surface area contributed by atoms with Gasteiger partial charge in [0, 0.05) is 34.0 Å². The van der Waals surface area contributed by atoms with Crippen molar-refractivity contribution in [2.24, 2.45) is 11.1 Å². The average Bonchev–Trinajstić information content (AvgIpc) is 2.81. The summed E-state index contributed by atoms with van der Waals surface area (Å²) in [5, 5.41) is 11.0. The Hall–Kier alpha value is -3.43. The quantitative estimate of drug-likeness (QED) is 0.489. The van der Waals surface area contributed by atoms with E-state index in [-0.39, 0.29) is 17.0 Å². The van der Waals surface area contributed by atoms with Crippen molar-refractivity contribution in [3.8, 4) is 17.6 Å². The number of allylic oxidation sites excluding steroid dienone is 3. The molecule has 188 valence electrons. The normalized spacial score (nSPS) is 19.2. The molecular weight excluding hydrogens is 474 g/mol. The molecule has 1 unspecified atom stereocenters. The van der Waals surface area contributed by atoms with Crippen LogP contribution in [0.3, 0.4) is 0 Å². The van der Waals surface area contributed by atoms with Gasteiger partial charge in [0.2, 0.25) is 0 Å². The number of ketones is 1. The van der Waals surface area contributed by atoms with Crippen LogP contribution in [0.2, 0.25) is 5.02 Å². The Morgan fingerprint density at radius 1 is 1.14 bits per heavy atom. The molecule has 0 fully saturated rings. The molecule has 2 aromatic carbocycles. The fourth-order valence-corrected chi connectivity index (χ4v) is 5.31. The molecular formula is C29H32ClN3O3. The number of Topliss-reactive ketones (excluding diaryl/α,β-unsaturated/α-hetero) is 1. The maximum atomic E-state index is 13.8. The molecule has 0 radical (unpaired) electrons. The largest absolute Gasteiger partial charge is 0.494 e. The first-order valence-electron chi connectivity index (χ1n) is 12.2. The number of carbonyl (C=O) groups is 1. The van der Waals surface area contributed by atoms with E-state index in [4.69, 9.17) is 26.8 Å². The third kappa shape index (κ3) is 4.56. The van der Waals surface area contributed by atoms with E-state index in [1.165, 1.54) is 0 Å². The van der Waals surface area contributed by atoms with Gasteiger partial charge in [-0.3, -0.25) is 9.69 Å². The van der Waals surface area contributed by atoms with Crippen LogP contribution in [0.1, 0.15) is 57.6 Å². The predicted molar refractivity (Wildman–Crippen MR) is 142 cm³/mol. The summed E-state index contributed by atoms with van der Waals surface area (Å²) < 4.78 is 11.7. The van der Waals surface area contributed by atoms with Crippen molar-refractivity contribution in [2.75, 3.05) is 18.1 Å². The molecule has 1 aliphatic heterocycles. The Morgan fingerprint density at radius 3 is 2.50 bits per heavy atom. The number of aryl methyl sites for hydroxylation is 1. The standard InChI is InChI=1S/C29H32ClN3O3/c1-6-35-19-10-11-25(36-7-2)20(13-19)26-21(16-31)28(32)33(18-9-8-17(3)22(30)12-18)23-14-29(4,5)15-24(34)27(23)26/h8-13,26H,6-7,14-15,32H2,1-5H3. The number of nitrogens with zero attached hydrogens (tertiary/aromatic N) is 2. The monoisotopic (exact) mass is 505 g/mol. The minimum absolute atomic E-state index is 0.000954.